The normalized spacial score (nSPS) is 11.4. The molecule has 0 unspecified atom stereocenters. The van der Waals surface area contributed by atoms with Crippen molar-refractivity contribution in [1.29, 1.82) is 0 Å². The third-order valence-electron chi connectivity index (χ3n) is 4.58. The zero-order valence-corrected chi connectivity index (χ0v) is 14.2. The molecule has 4 N–H and O–H groups in total. The molecule has 0 aliphatic rings. The van der Waals surface area contributed by atoms with Crippen molar-refractivity contribution in [2.75, 3.05) is 5.73 Å². The summed E-state index contributed by atoms with van der Waals surface area (Å²) >= 11 is 0. The lowest BCUT2D eigenvalue weighted by molar-refractivity contribution is 1.32. The summed E-state index contributed by atoms with van der Waals surface area (Å²) in [5, 5.41) is 0. The topological polar surface area (TPSA) is 83.4 Å². The highest BCUT2D eigenvalue weighted by molar-refractivity contribution is 5.83. The van der Waals surface area contributed by atoms with Gasteiger partial charge in [-0.25, -0.2) is 9.97 Å². The number of fused-ring (bicyclic) bond motifs is 2. The first-order chi connectivity index (χ1) is 12.7. The highest BCUT2D eigenvalue weighted by atomic mass is 14.9. The third-order valence-corrected chi connectivity index (χ3v) is 4.58. The van der Waals surface area contributed by atoms with Crippen LogP contribution in [0.3, 0.4) is 0 Å². The van der Waals surface area contributed by atoms with Gasteiger partial charge in [-0.1, -0.05) is 30.3 Å². The molecule has 2 aromatic heterocycles. The number of anilines is 1. The van der Waals surface area contributed by atoms with E-state index >= 15 is 0 Å². The molecule has 0 saturated heterocycles. The van der Waals surface area contributed by atoms with Crippen molar-refractivity contribution in [1.82, 2.24) is 19.9 Å². The molecule has 5 heteroatoms. The number of nitrogen functional groups attached to an aromatic ring is 1. The monoisotopic (exact) mass is 339 g/mol. The number of rotatable bonds is 2. The number of aryl methyl sites for hydroxylation is 1. The Kier molecular flexibility index (Phi) is 3.09. The minimum atomic E-state index is 0.714. The fourth-order valence-corrected chi connectivity index (χ4v) is 3.20. The molecule has 5 nitrogen and oxygen atoms in total. The van der Waals surface area contributed by atoms with Gasteiger partial charge in [-0.05, 0) is 42.8 Å². The first-order valence-electron chi connectivity index (χ1n) is 8.48. The van der Waals surface area contributed by atoms with Crippen LogP contribution in [0.15, 0.2) is 60.7 Å². The van der Waals surface area contributed by atoms with Crippen LogP contribution in [0.1, 0.15) is 5.56 Å². The molecule has 0 spiro atoms. The van der Waals surface area contributed by atoms with Gasteiger partial charge < -0.3 is 15.7 Å². The van der Waals surface area contributed by atoms with Gasteiger partial charge in [0.1, 0.15) is 11.6 Å². The summed E-state index contributed by atoms with van der Waals surface area (Å²) in [6.45, 7) is 2.07. The van der Waals surface area contributed by atoms with Crippen LogP contribution in [0.25, 0.3) is 44.8 Å². The molecular formula is C21H17N5. The molecule has 126 valence electrons. The average molecular weight is 339 g/mol. The van der Waals surface area contributed by atoms with Crippen LogP contribution in [0.4, 0.5) is 5.69 Å². The highest BCUT2D eigenvalue weighted by Gasteiger charge is 2.08. The number of hydrogen-bond donors (Lipinski definition) is 3. The van der Waals surface area contributed by atoms with Gasteiger partial charge >= 0.3 is 0 Å². The Labute approximate surface area is 149 Å². The summed E-state index contributed by atoms with van der Waals surface area (Å²) in [5.74, 6) is 1.70. The van der Waals surface area contributed by atoms with Gasteiger partial charge in [0.2, 0.25) is 0 Å². The van der Waals surface area contributed by atoms with Gasteiger partial charge in [0.05, 0.1) is 22.1 Å². The molecule has 0 bridgehead atoms. The lowest BCUT2D eigenvalue weighted by atomic mass is 10.1. The number of aromatic nitrogens is 4. The molecule has 3 aromatic carbocycles. The fourth-order valence-electron chi connectivity index (χ4n) is 3.20. The lowest BCUT2D eigenvalue weighted by Crippen LogP contribution is -1.83. The smallest absolute Gasteiger partial charge is 0.138 e. The summed E-state index contributed by atoms with van der Waals surface area (Å²) in [5.41, 5.74) is 13.7. The molecule has 5 rings (SSSR count). The maximum absolute atomic E-state index is 5.83. The van der Waals surface area contributed by atoms with Crippen molar-refractivity contribution >= 4 is 27.8 Å². The quantitative estimate of drug-likeness (QED) is 0.409. The SMILES string of the molecule is Cc1ccc2[nH]c(-c3ccc(-c4nc5cc(N)ccc5[nH]4)cc3)nc2c1. The Morgan fingerprint density at radius 1 is 0.692 bits per heavy atom. The van der Waals surface area contributed by atoms with Gasteiger partial charge in [0.25, 0.3) is 0 Å². The van der Waals surface area contributed by atoms with Gasteiger partial charge in [-0.3, -0.25) is 0 Å². The summed E-state index contributed by atoms with van der Waals surface area (Å²) in [7, 11) is 0. The zero-order chi connectivity index (χ0) is 17.7. The minimum Gasteiger partial charge on any atom is -0.399 e. The summed E-state index contributed by atoms with van der Waals surface area (Å²) in [4.78, 5) is 16.0. The first kappa shape index (κ1) is 14.7. The second kappa shape index (κ2) is 5.46. The van der Waals surface area contributed by atoms with E-state index in [2.05, 4.69) is 64.3 Å². The van der Waals surface area contributed by atoms with E-state index < -0.39 is 0 Å². The molecule has 5 aromatic rings. The third kappa shape index (κ3) is 2.41. The predicted molar refractivity (Wildman–Crippen MR) is 106 cm³/mol. The van der Waals surface area contributed by atoms with Crippen LogP contribution in [-0.2, 0) is 0 Å². The van der Waals surface area contributed by atoms with Crippen molar-refractivity contribution in [3.8, 4) is 22.8 Å². The Bertz CT molecular complexity index is 1150. The van der Waals surface area contributed by atoms with Gasteiger partial charge in [-0.2, -0.15) is 0 Å². The zero-order valence-electron chi connectivity index (χ0n) is 14.2. The van der Waals surface area contributed by atoms with E-state index in [0.717, 1.165) is 44.8 Å². The van der Waals surface area contributed by atoms with Crippen molar-refractivity contribution in [3.05, 3.63) is 66.2 Å². The summed E-state index contributed by atoms with van der Waals surface area (Å²) in [6.07, 6.45) is 0. The fraction of sp³-hybridized carbons (Fsp3) is 0.0476. The molecule has 0 aliphatic carbocycles. The maximum Gasteiger partial charge on any atom is 0.138 e. The first-order valence-corrected chi connectivity index (χ1v) is 8.48. The minimum absolute atomic E-state index is 0.714. The number of aromatic amines is 2. The maximum atomic E-state index is 5.83. The Balaban J connectivity index is 1.52. The molecule has 0 fully saturated rings. The second-order valence-electron chi connectivity index (χ2n) is 6.55. The number of nitrogens with one attached hydrogen (secondary N) is 2. The van der Waals surface area contributed by atoms with Crippen molar-refractivity contribution < 1.29 is 0 Å². The van der Waals surface area contributed by atoms with E-state index in [1.807, 2.05) is 18.2 Å². The second-order valence-corrected chi connectivity index (χ2v) is 6.55. The van der Waals surface area contributed by atoms with E-state index in [0.29, 0.717) is 5.69 Å². The number of H-pyrrole nitrogens is 2. The van der Waals surface area contributed by atoms with E-state index in [1.54, 1.807) is 0 Å². The Morgan fingerprint density at radius 3 is 1.85 bits per heavy atom. The number of nitrogens with zero attached hydrogens (tertiary/aromatic N) is 2. The van der Waals surface area contributed by atoms with Crippen LogP contribution < -0.4 is 5.73 Å². The number of nitrogens with two attached hydrogens (primary N) is 1. The molecule has 0 amide bonds. The predicted octanol–water partition coefficient (Wildman–Crippen LogP) is 4.66. The highest BCUT2D eigenvalue weighted by Crippen LogP contribution is 2.26. The number of hydrogen-bond acceptors (Lipinski definition) is 3. The molecule has 0 atom stereocenters. The Morgan fingerprint density at radius 2 is 1.23 bits per heavy atom. The standard InChI is InChI=1S/C21H17N5/c1-12-2-8-16-18(10-12)25-20(23-16)13-3-5-14(6-4-13)21-24-17-9-7-15(22)11-19(17)26-21/h2-11H,22H2,1H3,(H,23,25)(H,24,26). The van der Waals surface area contributed by atoms with E-state index in [1.165, 1.54) is 5.56 Å². The number of benzene rings is 3. The molecule has 0 aliphatic heterocycles. The van der Waals surface area contributed by atoms with Crippen molar-refractivity contribution in [2.45, 2.75) is 6.92 Å². The Hall–Kier alpha value is -3.60. The molecule has 0 radical (unpaired) electrons. The molecule has 0 saturated carbocycles. The van der Waals surface area contributed by atoms with Crippen LogP contribution >= 0.6 is 0 Å². The molecule has 26 heavy (non-hydrogen) atoms. The van der Waals surface area contributed by atoms with Crippen LogP contribution in [-0.4, -0.2) is 19.9 Å². The lowest BCUT2D eigenvalue weighted by Gasteiger charge is -1.99. The van der Waals surface area contributed by atoms with E-state index in [4.69, 9.17) is 10.7 Å². The largest absolute Gasteiger partial charge is 0.399 e. The van der Waals surface area contributed by atoms with Gasteiger partial charge in [0, 0.05) is 16.8 Å². The average Bonchev–Trinajstić information content (AvgIpc) is 3.25. The molecule has 2 heterocycles. The van der Waals surface area contributed by atoms with Gasteiger partial charge in [0.15, 0.2) is 0 Å². The van der Waals surface area contributed by atoms with Crippen LogP contribution in [0.5, 0.6) is 0 Å². The molecular weight excluding hydrogens is 322 g/mol. The van der Waals surface area contributed by atoms with Gasteiger partial charge in [-0.15, -0.1) is 0 Å². The summed E-state index contributed by atoms with van der Waals surface area (Å²) < 4.78 is 0. The van der Waals surface area contributed by atoms with E-state index in [9.17, 15) is 0 Å². The van der Waals surface area contributed by atoms with Crippen molar-refractivity contribution in [3.63, 3.8) is 0 Å². The van der Waals surface area contributed by atoms with Crippen LogP contribution in [0.2, 0.25) is 0 Å². The van der Waals surface area contributed by atoms with E-state index in [-0.39, 0.29) is 0 Å². The summed E-state index contributed by atoms with van der Waals surface area (Å²) in [6, 6.07) is 20.1. The van der Waals surface area contributed by atoms with Crippen molar-refractivity contribution in [2.24, 2.45) is 0 Å². The van der Waals surface area contributed by atoms with Crippen LogP contribution in [0, 0.1) is 6.92 Å². The number of imidazole rings is 2.